The molecule has 1 aliphatic carbocycles. The first-order chi connectivity index (χ1) is 14.5. The average Bonchev–Trinajstić information content (AvgIpc) is 2.79. The van der Waals surface area contributed by atoms with Gasteiger partial charge in [-0.2, -0.15) is 0 Å². The zero-order chi connectivity index (χ0) is 21.1. The van der Waals surface area contributed by atoms with Crippen LogP contribution in [-0.2, 0) is 4.74 Å². The standard InChI is InChI=1S/C27H27N2O.HI/c1-28(2)24-16-10-8-14-22(24)26-18-21(20-12-6-5-7-13-20)19-27(30-26)23-15-9-11-17-25(23)29(3)4;/h5-19H,1-4H3;1H/q+1;/p-1. The molecule has 0 spiro atoms. The monoisotopic (exact) mass is 522 g/mol. The maximum atomic E-state index is 6.54. The molecule has 1 aliphatic heterocycles. The number of allylic oxidation sites excluding steroid dienone is 8. The van der Waals surface area contributed by atoms with Gasteiger partial charge >= 0.3 is 0 Å². The van der Waals surface area contributed by atoms with Crippen LogP contribution in [0.25, 0.3) is 11.3 Å². The van der Waals surface area contributed by atoms with Crippen LogP contribution in [0.15, 0.2) is 102 Å². The summed E-state index contributed by atoms with van der Waals surface area (Å²) in [5.41, 5.74) is 6.69. The molecule has 158 valence electrons. The molecule has 31 heavy (non-hydrogen) atoms. The van der Waals surface area contributed by atoms with Crippen molar-refractivity contribution < 1.29 is 33.3 Å². The summed E-state index contributed by atoms with van der Waals surface area (Å²) in [5.74, 6) is 1.70. The Balaban J connectivity index is 0.00000272. The van der Waals surface area contributed by atoms with Crippen molar-refractivity contribution >= 4 is 22.7 Å². The van der Waals surface area contributed by atoms with E-state index in [-0.39, 0.29) is 24.0 Å². The predicted octanol–water partition coefficient (Wildman–Crippen LogP) is 2.30. The van der Waals surface area contributed by atoms with Gasteiger partial charge in [0, 0.05) is 31.4 Å². The third-order valence-electron chi connectivity index (χ3n) is 5.20. The molecule has 2 aromatic rings. The summed E-state index contributed by atoms with van der Waals surface area (Å²) >= 11 is 0. The van der Waals surface area contributed by atoms with Gasteiger partial charge in [0.1, 0.15) is 25.6 Å². The fourth-order valence-corrected chi connectivity index (χ4v) is 3.71. The highest BCUT2D eigenvalue weighted by Gasteiger charge is 2.23. The van der Waals surface area contributed by atoms with Crippen molar-refractivity contribution in [2.75, 3.05) is 33.1 Å². The Morgan fingerprint density at radius 3 is 2.19 bits per heavy atom. The van der Waals surface area contributed by atoms with Gasteiger partial charge in [0.25, 0.3) is 0 Å². The lowest BCUT2D eigenvalue weighted by atomic mass is 9.96. The second kappa shape index (κ2) is 9.96. The van der Waals surface area contributed by atoms with Gasteiger partial charge in [-0.3, -0.25) is 0 Å². The van der Waals surface area contributed by atoms with E-state index in [2.05, 4.69) is 123 Å². The number of benzene rings is 2. The van der Waals surface area contributed by atoms with Gasteiger partial charge in [0.05, 0.1) is 5.57 Å². The molecule has 0 aromatic heterocycles. The highest BCUT2D eigenvalue weighted by Crippen LogP contribution is 2.37. The van der Waals surface area contributed by atoms with E-state index in [0.29, 0.717) is 0 Å². The molecule has 3 nitrogen and oxygen atoms in total. The van der Waals surface area contributed by atoms with E-state index in [1.165, 1.54) is 5.56 Å². The second-order valence-electron chi connectivity index (χ2n) is 7.76. The number of anilines is 1. The molecule has 2 aromatic carbocycles. The van der Waals surface area contributed by atoms with Crippen molar-refractivity contribution in [2.45, 2.75) is 0 Å². The molecule has 1 heterocycles. The maximum absolute atomic E-state index is 6.54. The normalized spacial score (nSPS) is 17.4. The lowest BCUT2D eigenvalue weighted by Crippen LogP contribution is -3.00. The molecular formula is C27H27IN2O. The smallest absolute Gasteiger partial charge is 0.210 e. The van der Waals surface area contributed by atoms with Gasteiger partial charge in [-0.25, -0.2) is 4.58 Å². The summed E-state index contributed by atoms with van der Waals surface area (Å²) in [6.45, 7) is 0. The predicted molar refractivity (Wildman–Crippen MR) is 127 cm³/mol. The van der Waals surface area contributed by atoms with Crippen LogP contribution < -0.4 is 28.9 Å². The van der Waals surface area contributed by atoms with Crippen molar-refractivity contribution in [3.05, 3.63) is 114 Å². The molecular weight excluding hydrogens is 495 g/mol. The van der Waals surface area contributed by atoms with Crippen LogP contribution in [0, 0.1) is 0 Å². The van der Waals surface area contributed by atoms with Crippen LogP contribution >= 0.6 is 0 Å². The van der Waals surface area contributed by atoms with Crippen LogP contribution in [0.1, 0.15) is 11.1 Å². The fourth-order valence-electron chi connectivity index (χ4n) is 3.71. The highest BCUT2D eigenvalue weighted by atomic mass is 127. The lowest BCUT2D eigenvalue weighted by Gasteiger charge is -2.24. The Morgan fingerprint density at radius 2 is 1.48 bits per heavy atom. The molecule has 4 rings (SSSR count). The molecule has 2 aliphatic rings. The van der Waals surface area contributed by atoms with Crippen LogP contribution in [0.3, 0.4) is 0 Å². The number of nitrogens with zero attached hydrogens (tertiary/aromatic N) is 2. The van der Waals surface area contributed by atoms with Crippen LogP contribution in [0.5, 0.6) is 0 Å². The first kappa shape index (κ1) is 22.8. The van der Waals surface area contributed by atoms with Crippen LogP contribution in [-0.4, -0.2) is 38.5 Å². The summed E-state index contributed by atoms with van der Waals surface area (Å²) < 4.78 is 8.66. The molecule has 0 fully saturated rings. The third-order valence-corrected chi connectivity index (χ3v) is 5.20. The van der Waals surface area contributed by atoms with E-state index in [9.17, 15) is 0 Å². The Hall–Kier alpha value is -2.86. The van der Waals surface area contributed by atoms with Gasteiger partial charge < -0.3 is 33.6 Å². The molecule has 0 amide bonds. The fraction of sp³-hybridized carbons (Fsp3) is 0.148. The van der Waals surface area contributed by atoms with Gasteiger partial charge in [0.15, 0.2) is 0 Å². The first-order valence-electron chi connectivity index (χ1n) is 10.1. The van der Waals surface area contributed by atoms with E-state index in [1.54, 1.807) is 0 Å². The second-order valence-corrected chi connectivity index (χ2v) is 7.76. The highest BCUT2D eigenvalue weighted by molar-refractivity contribution is 6.09. The van der Waals surface area contributed by atoms with Gasteiger partial charge in [-0.05, 0) is 41.5 Å². The minimum absolute atomic E-state index is 0. The third kappa shape index (κ3) is 4.90. The van der Waals surface area contributed by atoms with Crippen LogP contribution in [0.4, 0.5) is 5.69 Å². The minimum Gasteiger partial charge on any atom is -1.00 e. The minimum atomic E-state index is 0. The topological polar surface area (TPSA) is 15.5 Å². The summed E-state index contributed by atoms with van der Waals surface area (Å²) in [4.78, 5) is 2.12. The quantitative estimate of drug-likeness (QED) is 0.455. The van der Waals surface area contributed by atoms with E-state index in [1.807, 2.05) is 6.07 Å². The van der Waals surface area contributed by atoms with Gasteiger partial charge in [-0.15, -0.1) is 0 Å². The van der Waals surface area contributed by atoms with Gasteiger partial charge in [-0.1, -0.05) is 54.6 Å². The van der Waals surface area contributed by atoms with Crippen molar-refractivity contribution in [3.8, 4) is 0 Å². The summed E-state index contributed by atoms with van der Waals surface area (Å²) in [7, 11) is 8.23. The SMILES string of the molecule is CN(C)c1ccccc1C1=CC(c2ccccc2)=C/C(=C2/C=CC=CC2=[N+](C)C)O1.[I-]. The molecule has 0 saturated carbocycles. The lowest BCUT2D eigenvalue weighted by molar-refractivity contribution is -0.463. The number of hydrogen-bond donors (Lipinski definition) is 0. The maximum Gasteiger partial charge on any atom is 0.210 e. The molecule has 4 heteroatoms. The van der Waals surface area contributed by atoms with Crippen molar-refractivity contribution in [1.82, 2.24) is 0 Å². The average molecular weight is 522 g/mol. The number of rotatable bonds is 3. The molecule has 0 bridgehead atoms. The number of ether oxygens (including phenoxy) is 1. The molecule has 0 unspecified atom stereocenters. The summed E-state index contributed by atoms with van der Waals surface area (Å²) in [5, 5.41) is 0. The Bertz CT molecular complexity index is 1140. The van der Waals surface area contributed by atoms with Gasteiger partial charge in [0.2, 0.25) is 5.71 Å². The molecule has 0 radical (unpaired) electrons. The first-order valence-corrected chi connectivity index (χ1v) is 10.1. The number of para-hydroxylation sites is 1. The van der Waals surface area contributed by atoms with Crippen molar-refractivity contribution in [1.29, 1.82) is 0 Å². The van der Waals surface area contributed by atoms with Crippen molar-refractivity contribution in [3.63, 3.8) is 0 Å². The Morgan fingerprint density at radius 1 is 0.806 bits per heavy atom. The largest absolute Gasteiger partial charge is 1.00 e. The molecule has 0 N–H and O–H groups in total. The van der Waals surface area contributed by atoms with E-state index in [0.717, 1.165) is 39.6 Å². The number of hydrogen-bond acceptors (Lipinski definition) is 2. The Kier molecular flexibility index (Phi) is 7.33. The number of halogens is 1. The van der Waals surface area contributed by atoms with Crippen molar-refractivity contribution in [2.24, 2.45) is 0 Å². The van der Waals surface area contributed by atoms with E-state index >= 15 is 0 Å². The Labute approximate surface area is 202 Å². The van der Waals surface area contributed by atoms with E-state index in [4.69, 9.17) is 4.74 Å². The van der Waals surface area contributed by atoms with Crippen LogP contribution in [0.2, 0.25) is 0 Å². The van der Waals surface area contributed by atoms with E-state index < -0.39 is 0 Å². The zero-order valence-corrected chi connectivity index (χ0v) is 20.5. The summed E-state index contributed by atoms with van der Waals surface area (Å²) in [6, 6.07) is 18.8. The molecule has 0 atom stereocenters. The summed E-state index contributed by atoms with van der Waals surface area (Å²) in [6.07, 6.45) is 12.6. The zero-order valence-electron chi connectivity index (χ0n) is 18.3. The molecule has 0 saturated heterocycles.